The van der Waals surface area contributed by atoms with Gasteiger partial charge >= 0.3 is 5.97 Å². The van der Waals surface area contributed by atoms with Crippen LogP contribution < -0.4 is 11.1 Å². The maximum absolute atomic E-state index is 11.7. The summed E-state index contributed by atoms with van der Waals surface area (Å²) in [6.45, 7) is 4.38. The lowest BCUT2D eigenvalue weighted by Gasteiger charge is -2.29. The van der Waals surface area contributed by atoms with Crippen LogP contribution in [0.3, 0.4) is 0 Å². The van der Waals surface area contributed by atoms with E-state index >= 15 is 0 Å². The highest BCUT2D eigenvalue weighted by molar-refractivity contribution is 5.91. The molecule has 1 atom stereocenters. The van der Waals surface area contributed by atoms with E-state index in [4.69, 9.17) is 10.5 Å². The van der Waals surface area contributed by atoms with Gasteiger partial charge in [-0.05, 0) is 50.8 Å². The van der Waals surface area contributed by atoms with Crippen molar-refractivity contribution in [1.29, 1.82) is 0 Å². The molecule has 21 heavy (non-hydrogen) atoms. The largest absolute Gasteiger partial charge is 0.462 e. The van der Waals surface area contributed by atoms with E-state index in [1.807, 2.05) is 6.07 Å². The quantitative estimate of drug-likeness (QED) is 0.639. The Balaban J connectivity index is 2.01. The SMILES string of the molecule is CCOC(=O)c1ccc(NC(C)C2CCCCC2)c(N)c1. The molecule has 0 aliphatic heterocycles. The highest BCUT2D eigenvalue weighted by Crippen LogP contribution is 2.29. The number of hydrogen-bond acceptors (Lipinski definition) is 4. The summed E-state index contributed by atoms with van der Waals surface area (Å²) in [6.07, 6.45) is 6.59. The molecule has 0 spiro atoms. The maximum atomic E-state index is 11.7. The fraction of sp³-hybridized carbons (Fsp3) is 0.588. The second kappa shape index (κ2) is 7.34. The summed E-state index contributed by atoms with van der Waals surface area (Å²) in [5, 5.41) is 3.50. The third-order valence-electron chi connectivity index (χ3n) is 4.30. The summed E-state index contributed by atoms with van der Waals surface area (Å²) in [4.78, 5) is 11.7. The summed E-state index contributed by atoms with van der Waals surface area (Å²) in [5.74, 6) is 0.388. The first-order chi connectivity index (χ1) is 10.1. The average Bonchev–Trinajstić information content (AvgIpc) is 2.50. The number of nitrogen functional groups attached to an aromatic ring is 1. The lowest BCUT2D eigenvalue weighted by atomic mass is 9.84. The lowest BCUT2D eigenvalue weighted by Crippen LogP contribution is -2.28. The van der Waals surface area contributed by atoms with Gasteiger partial charge in [-0.1, -0.05) is 19.3 Å². The Labute approximate surface area is 127 Å². The van der Waals surface area contributed by atoms with Crippen LogP contribution in [0.5, 0.6) is 0 Å². The van der Waals surface area contributed by atoms with E-state index in [1.54, 1.807) is 19.1 Å². The number of carbonyl (C=O) groups is 1. The number of hydrogen-bond donors (Lipinski definition) is 2. The van der Waals surface area contributed by atoms with Crippen LogP contribution in [0.25, 0.3) is 0 Å². The third-order valence-corrected chi connectivity index (χ3v) is 4.30. The predicted octanol–water partition coefficient (Wildman–Crippen LogP) is 3.83. The molecular weight excluding hydrogens is 264 g/mol. The maximum Gasteiger partial charge on any atom is 0.338 e. The lowest BCUT2D eigenvalue weighted by molar-refractivity contribution is 0.0526. The number of rotatable bonds is 5. The van der Waals surface area contributed by atoms with Gasteiger partial charge in [-0.3, -0.25) is 0 Å². The molecule has 1 saturated carbocycles. The Hall–Kier alpha value is -1.71. The summed E-state index contributed by atoms with van der Waals surface area (Å²) in [6, 6.07) is 5.74. The van der Waals surface area contributed by atoms with Gasteiger partial charge in [0.15, 0.2) is 0 Å². The number of carbonyl (C=O) groups excluding carboxylic acids is 1. The van der Waals surface area contributed by atoms with E-state index < -0.39 is 0 Å². The van der Waals surface area contributed by atoms with Crippen molar-refractivity contribution >= 4 is 17.3 Å². The molecule has 1 aromatic carbocycles. The van der Waals surface area contributed by atoms with Crippen molar-refractivity contribution in [1.82, 2.24) is 0 Å². The first-order valence-corrected chi connectivity index (χ1v) is 7.95. The van der Waals surface area contributed by atoms with Gasteiger partial charge in [-0.15, -0.1) is 0 Å². The Morgan fingerprint density at radius 2 is 2.10 bits per heavy atom. The fourth-order valence-electron chi connectivity index (χ4n) is 3.03. The monoisotopic (exact) mass is 290 g/mol. The molecule has 3 N–H and O–H groups in total. The second-order valence-corrected chi connectivity index (χ2v) is 5.85. The van der Waals surface area contributed by atoms with E-state index in [0.29, 0.717) is 29.8 Å². The van der Waals surface area contributed by atoms with E-state index in [0.717, 1.165) is 5.69 Å². The van der Waals surface area contributed by atoms with E-state index in [1.165, 1.54) is 32.1 Å². The standard InChI is InChI=1S/C17H26N2O2/c1-3-21-17(20)14-9-10-16(15(18)11-14)19-12(2)13-7-5-4-6-8-13/h9-13,19H,3-8,18H2,1-2H3. The minimum atomic E-state index is -0.323. The van der Waals surface area contributed by atoms with Gasteiger partial charge in [0.05, 0.1) is 23.5 Å². The van der Waals surface area contributed by atoms with Crippen LogP contribution in [0.4, 0.5) is 11.4 Å². The number of anilines is 2. The Morgan fingerprint density at radius 3 is 2.71 bits per heavy atom. The third kappa shape index (κ3) is 4.13. The molecule has 0 heterocycles. The molecule has 4 heteroatoms. The first kappa shape index (κ1) is 15.7. The van der Waals surface area contributed by atoms with Crippen molar-refractivity contribution in [2.75, 3.05) is 17.7 Å². The van der Waals surface area contributed by atoms with Gasteiger partial charge in [0, 0.05) is 6.04 Å². The van der Waals surface area contributed by atoms with E-state index in [9.17, 15) is 4.79 Å². The molecular formula is C17H26N2O2. The zero-order chi connectivity index (χ0) is 15.2. The molecule has 2 rings (SSSR count). The minimum absolute atomic E-state index is 0.323. The van der Waals surface area contributed by atoms with Crippen molar-refractivity contribution < 1.29 is 9.53 Å². The molecule has 116 valence electrons. The van der Waals surface area contributed by atoms with Gasteiger partial charge < -0.3 is 15.8 Å². The molecule has 1 unspecified atom stereocenters. The van der Waals surface area contributed by atoms with Crippen molar-refractivity contribution in [2.24, 2.45) is 5.92 Å². The van der Waals surface area contributed by atoms with Crippen LogP contribution in [-0.4, -0.2) is 18.6 Å². The van der Waals surface area contributed by atoms with Gasteiger partial charge in [-0.25, -0.2) is 4.79 Å². The molecule has 4 nitrogen and oxygen atoms in total. The van der Waals surface area contributed by atoms with Crippen LogP contribution in [0.2, 0.25) is 0 Å². The number of ether oxygens (including phenoxy) is 1. The summed E-state index contributed by atoms with van der Waals surface area (Å²) >= 11 is 0. The van der Waals surface area contributed by atoms with Crippen molar-refractivity contribution in [2.45, 2.75) is 52.0 Å². The topological polar surface area (TPSA) is 64.3 Å². The van der Waals surface area contributed by atoms with Crippen molar-refractivity contribution in [3.05, 3.63) is 23.8 Å². The molecule has 1 fully saturated rings. The second-order valence-electron chi connectivity index (χ2n) is 5.85. The Morgan fingerprint density at radius 1 is 1.38 bits per heavy atom. The van der Waals surface area contributed by atoms with Crippen LogP contribution >= 0.6 is 0 Å². The predicted molar refractivity (Wildman–Crippen MR) is 86.5 cm³/mol. The van der Waals surface area contributed by atoms with Gasteiger partial charge in [-0.2, -0.15) is 0 Å². The highest BCUT2D eigenvalue weighted by Gasteiger charge is 2.20. The zero-order valence-electron chi connectivity index (χ0n) is 13.0. The normalized spacial score (nSPS) is 17.2. The zero-order valence-corrected chi connectivity index (χ0v) is 13.0. The van der Waals surface area contributed by atoms with Crippen LogP contribution in [0.15, 0.2) is 18.2 Å². The van der Waals surface area contributed by atoms with Crippen molar-refractivity contribution in [3.63, 3.8) is 0 Å². The molecule has 0 amide bonds. The fourth-order valence-corrected chi connectivity index (χ4v) is 3.03. The van der Waals surface area contributed by atoms with Gasteiger partial charge in [0.1, 0.15) is 0 Å². The molecule has 1 aliphatic rings. The van der Waals surface area contributed by atoms with Crippen LogP contribution in [-0.2, 0) is 4.74 Å². The summed E-state index contributed by atoms with van der Waals surface area (Å²) < 4.78 is 4.98. The molecule has 0 aromatic heterocycles. The van der Waals surface area contributed by atoms with Gasteiger partial charge in [0.25, 0.3) is 0 Å². The number of nitrogens with two attached hydrogens (primary N) is 1. The molecule has 0 radical (unpaired) electrons. The molecule has 1 aliphatic carbocycles. The average molecular weight is 290 g/mol. The highest BCUT2D eigenvalue weighted by atomic mass is 16.5. The van der Waals surface area contributed by atoms with Crippen LogP contribution in [0, 0.1) is 5.92 Å². The molecule has 1 aromatic rings. The van der Waals surface area contributed by atoms with Gasteiger partial charge in [0.2, 0.25) is 0 Å². The smallest absolute Gasteiger partial charge is 0.338 e. The molecule has 0 bridgehead atoms. The van der Waals surface area contributed by atoms with E-state index in [-0.39, 0.29) is 5.97 Å². The number of nitrogens with one attached hydrogen (secondary N) is 1. The molecule has 0 saturated heterocycles. The first-order valence-electron chi connectivity index (χ1n) is 7.95. The number of benzene rings is 1. The summed E-state index contributed by atoms with van der Waals surface area (Å²) in [7, 11) is 0. The van der Waals surface area contributed by atoms with Crippen molar-refractivity contribution in [3.8, 4) is 0 Å². The van der Waals surface area contributed by atoms with E-state index in [2.05, 4.69) is 12.2 Å². The number of esters is 1. The summed E-state index contributed by atoms with van der Waals surface area (Å²) in [5.41, 5.74) is 8.07. The van der Waals surface area contributed by atoms with Crippen LogP contribution in [0.1, 0.15) is 56.3 Å². The minimum Gasteiger partial charge on any atom is -0.462 e. The Bertz CT molecular complexity index is 482. The Kier molecular flexibility index (Phi) is 5.48.